The summed E-state index contributed by atoms with van der Waals surface area (Å²) in [4.78, 5) is 11.8. The molecule has 0 spiro atoms. The number of aryl methyl sites for hydroxylation is 1. The summed E-state index contributed by atoms with van der Waals surface area (Å²) in [6.07, 6.45) is 0. The van der Waals surface area contributed by atoms with E-state index in [1.54, 1.807) is 7.11 Å². The van der Waals surface area contributed by atoms with Crippen molar-refractivity contribution in [2.24, 2.45) is 0 Å². The van der Waals surface area contributed by atoms with Crippen LogP contribution in [0.5, 0.6) is 5.75 Å². The number of hydrogen-bond donors (Lipinski definition) is 2. The highest BCUT2D eigenvalue weighted by atomic mass is 79.9. The van der Waals surface area contributed by atoms with E-state index >= 15 is 0 Å². The van der Waals surface area contributed by atoms with E-state index in [2.05, 4.69) is 26.6 Å². The molecule has 5 nitrogen and oxygen atoms in total. The molecule has 0 saturated heterocycles. The zero-order valence-electron chi connectivity index (χ0n) is 13.0. The highest BCUT2D eigenvalue weighted by Crippen LogP contribution is 2.28. The second kappa shape index (κ2) is 9.02. The molecule has 1 atom stereocenters. The SMILES string of the molecule is CNCc1cc(Br)cc(C)c1OCC(=O)NC(C)COC. The Morgan fingerprint density at radius 3 is 2.76 bits per heavy atom. The second-order valence-electron chi connectivity index (χ2n) is 4.95. The minimum absolute atomic E-state index is 0.00671. The van der Waals surface area contributed by atoms with Crippen molar-refractivity contribution in [1.82, 2.24) is 10.6 Å². The number of rotatable bonds is 8. The molecule has 1 aromatic rings. The van der Waals surface area contributed by atoms with E-state index in [0.29, 0.717) is 13.2 Å². The van der Waals surface area contributed by atoms with Gasteiger partial charge in [-0.05, 0) is 38.6 Å². The number of hydrogen-bond acceptors (Lipinski definition) is 4. The van der Waals surface area contributed by atoms with Crippen LogP contribution in [0.2, 0.25) is 0 Å². The number of methoxy groups -OCH3 is 1. The van der Waals surface area contributed by atoms with E-state index < -0.39 is 0 Å². The fraction of sp³-hybridized carbons (Fsp3) is 0.533. The molecule has 0 heterocycles. The maximum atomic E-state index is 11.8. The van der Waals surface area contributed by atoms with Gasteiger partial charge in [0.15, 0.2) is 6.61 Å². The maximum absolute atomic E-state index is 11.8. The summed E-state index contributed by atoms with van der Waals surface area (Å²) in [5, 5.41) is 5.92. The van der Waals surface area contributed by atoms with Gasteiger partial charge in [-0.2, -0.15) is 0 Å². The van der Waals surface area contributed by atoms with Gasteiger partial charge in [-0.15, -0.1) is 0 Å². The van der Waals surface area contributed by atoms with E-state index in [1.165, 1.54) is 0 Å². The predicted molar refractivity (Wildman–Crippen MR) is 86.6 cm³/mol. The van der Waals surface area contributed by atoms with Crippen molar-refractivity contribution in [3.63, 3.8) is 0 Å². The minimum Gasteiger partial charge on any atom is -0.483 e. The summed E-state index contributed by atoms with van der Waals surface area (Å²) >= 11 is 3.47. The molecule has 0 fully saturated rings. The Labute approximate surface area is 134 Å². The predicted octanol–water partition coefficient (Wildman–Crippen LogP) is 2.01. The van der Waals surface area contributed by atoms with Crippen molar-refractivity contribution in [3.8, 4) is 5.75 Å². The van der Waals surface area contributed by atoms with E-state index in [9.17, 15) is 4.79 Å². The van der Waals surface area contributed by atoms with E-state index in [1.807, 2.05) is 33.0 Å². The second-order valence-corrected chi connectivity index (χ2v) is 5.87. The lowest BCUT2D eigenvalue weighted by Crippen LogP contribution is -2.38. The largest absolute Gasteiger partial charge is 0.483 e. The zero-order chi connectivity index (χ0) is 15.8. The summed E-state index contributed by atoms with van der Waals surface area (Å²) in [7, 11) is 3.48. The molecule has 1 rings (SSSR count). The molecule has 2 N–H and O–H groups in total. The lowest BCUT2D eigenvalue weighted by atomic mass is 10.1. The van der Waals surface area contributed by atoms with Crippen molar-refractivity contribution in [2.75, 3.05) is 27.4 Å². The Morgan fingerprint density at radius 2 is 2.14 bits per heavy atom. The van der Waals surface area contributed by atoms with Gasteiger partial charge in [0.1, 0.15) is 5.75 Å². The molecule has 118 valence electrons. The Bertz CT molecular complexity index is 480. The third-order valence-electron chi connectivity index (χ3n) is 2.86. The van der Waals surface area contributed by atoms with E-state index in [0.717, 1.165) is 21.3 Å². The van der Waals surface area contributed by atoms with Gasteiger partial charge in [-0.25, -0.2) is 0 Å². The molecule has 1 amide bonds. The number of halogens is 1. The summed E-state index contributed by atoms with van der Waals surface area (Å²) < 4.78 is 11.7. The molecule has 6 heteroatoms. The number of carbonyl (C=O) groups excluding carboxylic acids is 1. The van der Waals surface area contributed by atoms with Crippen LogP contribution in [0.1, 0.15) is 18.1 Å². The molecule has 0 aliphatic heterocycles. The molecule has 21 heavy (non-hydrogen) atoms. The number of benzene rings is 1. The molecule has 0 aliphatic rings. The highest BCUT2D eigenvalue weighted by Gasteiger charge is 2.12. The van der Waals surface area contributed by atoms with Gasteiger partial charge < -0.3 is 20.1 Å². The first kappa shape index (κ1) is 17.9. The fourth-order valence-electron chi connectivity index (χ4n) is 2.07. The highest BCUT2D eigenvalue weighted by molar-refractivity contribution is 9.10. The average molecular weight is 359 g/mol. The monoisotopic (exact) mass is 358 g/mol. The summed E-state index contributed by atoms with van der Waals surface area (Å²) in [6.45, 7) is 5.00. The van der Waals surface area contributed by atoms with Crippen LogP contribution in [0, 0.1) is 6.92 Å². The van der Waals surface area contributed by atoms with Gasteiger partial charge in [-0.3, -0.25) is 4.79 Å². The van der Waals surface area contributed by atoms with Crippen LogP contribution in [0.4, 0.5) is 0 Å². The van der Waals surface area contributed by atoms with Gasteiger partial charge in [-0.1, -0.05) is 15.9 Å². The summed E-state index contributed by atoms with van der Waals surface area (Å²) in [5.41, 5.74) is 2.01. The van der Waals surface area contributed by atoms with Gasteiger partial charge >= 0.3 is 0 Å². The van der Waals surface area contributed by atoms with Crippen LogP contribution in [0.25, 0.3) is 0 Å². The number of ether oxygens (including phenoxy) is 2. The van der Waals surface area contributed by atoms with Crippen LogP contribution in [-0.2, 0) is 16.1 Å². The molecule has 0 bridgehead atoms. The van der Waals surface area contributed by atoms with Crippen molar-refractivity contribution >= 4 is 21.8 Å². The van der Waals surface area contributed by atoms with Crippen LogP contribution in [0.15, 0.2) is 16.6 Å². The fourth-order valence-corrected chi connectivity index (χ4v) is 2.69. The molecular formula is C15H23BrN2O3. The van der Waals surface area contributed by atoms with Crippen LogP contribution >= 0.6 is 15.9 Å². The molecule has 0 aliphatic carbocycles. The number of carbonyl (C=O) groups is 1. The lowest BCUT2D eigenvalue weighted by Gasteiger charge is -2.16. The van der Waals surface area contributed by atoms with E-state index in [-0.39, 0.29) is 18.6 Å². The molecule has 0 saturated carbocycles. The maximum Gasteiger partial charge on any atom is 0.258 e. The minimum atomic E-state index is -0.155. The number of nitrogens with one attached hydrogen (secondary N) is 2. The first-order valence-corrected chi connectivity index (χ1v) is 7.62. The topological polar surface area (TPSA) is 59.6 Å². The van der Waals surface area contributed by atoms with E-state index in [4.69, 9.17) is 9.47 Å². The van der Waals surface area contributed by atoms with Crippen molar-refractivity contribution in [1.29, 1.82) is 0 Å². The molecule has 1 aromatic carbocycles. The Balaban J connectivity index is 2.68. The van der Waals surface area contributed by atoms with Gasteiger partial charge in [0.2, 0.25) is 0 Å². The standard InChI is InChI=1S/C15H23BrN2O3/c1-10-5-13(16)6-12(7-17-3)15(10)21-9-14(19)18-11(2)8-20-4/h5-6,11,17H,7-9H2,1-4H3,(H,18,19). The smallest absolute Gasteiger partial charge is 0.258 e. The molecule has 0 radical (unpaired) electrons. The Morgan fingerprint density at radius 1 is 1.43 bits per heavy atom. The molecular weight excluding hydrogens is 336 g/mol. The zero-order valence-corrected chi connectivity index (χ0v) is 14.5. The third kappa shape index (κ3) is 6.03. The average Bonchev–Trinajstić information content (AvgIpc) is 2.38. The quantitative estimate of drug-likeness (QED) is 0.746. The lowest BCUT2D eigenvalue weighted by molar-refractivity contribution is -0.124. The normalized spacial score (nSPS) is 12.0. The first-order valence-electron chi connectivity index (χ1n) is 6.82. The molecule has 0 aromatic heterocycles. The molecule has 1 unspecified atom stereocenters. The first-order chi connectivity index (χ1) is 9.97. The summed E-state index contributed by atoms with van der Waals surface area (Å²) in [5.74, 6) is 0.597. The van der Waals surface area contributed by atoms with Gasteiger partial charge in [0.25, 0.3) is 5.91 Å². The van der Waals surface area contributed by atoms with Crippen molar-refractivity contribution in [3.05, 3.63) is 27.7 Å². The van der Waals surface area contributed by atoms with Gasteiger partial charge in [0.05, 0.1) is 6.61 Å². The third-order valence-corrected chi connectivity index (χ3v) is 3.31. The Hall–Kier alpha value is -1.11. The van der Waals surface area contributed by atoms with Crippen molar-refractivity contribution in [2.45, 2.75) is 26.4 Å². The van der Waals surface area contributed by atoms with Crippen molar-refractivity contribution < 1.29 is 14.3 Å². The Kier molecular flexibility index (Phi) is 7.71. The van der Waals surface area contributed by atoms with Gasteiger partial charge in [0, 0.05) is 29.7 Å². The summed E-state index contributed by atoms with van der Waals surface area (Å²) in [6, 6.07) is 3.93. The van der Waals surface area contributed by atoms with Crippen LogP contribution in [-0.4, -0.2) is 39.3 Å². The van der Waals surface area contributed by atoms with Crippen LogP contribution in [0.3, 0.4) is 0 Å². The number of amides is 1. The van der Waals surface area contributed by atoms with Crippen LogP contribution < -0.4 is 15.4 Å².